The van der Waals surface area contributed by atoms with Crippen LogP contribution in [0.3, 0.4) is 0 Å². The third-order valence-electron chi connectivity index (χ3n) is 7.05. The summed E-state index contributed by atoms with van der Waals surface area (Å²) in [7, 11) is -3.79. The largest absolute Gasteiger partial charge is 0.390 e. The number of piperazine rings is 1. The number of carbonyl (C=O) groups is 1. The molecule has 11 heteroatoms. The van der Waals surface area contributed by atoms with Crippen molar-refractivity contribution in [3.8, 4) is 0 Å². The van der Waals surface area contributed by atoms with E-state index in [1.54, 1.807) is 0 Å². The molecular weight excluding hydrogens is 550 g/mol. The number of aliphatic hydroxyl groups excluding tert-OH is 1. The molecule has 4 N–H and O–H groups in total. The molecule has 1 aliphatic rings. The molecule has 3 aromatic rings. The smallest absolute Gasteiger partial charge is 0.251 e. The molecule has 1 heterocycles. The monoisotopic (exact) mass is 586 g/mol. The number of rotatable bonds is 12. The molecule has 1 saturated heterocycles. The first-order chi connectivity index (χ1) is 19.7. The Morgan fingerprint density at radius 2 is 1.66 bits per heavy atom. The van der Waals surface area contributed by atoms with Gasteiger partial charge < -0.3 is 21.1 Å². The van der Waals surface area contributed by atoms with E-state index >= 15 is 0 Å². The second-order valence-corrected chi connectivity index (χ2v) is 12.1. The van der Waals surface area contributed by atoms with Crippen LogP contribution in [0.25, 0.3) is 0 Å². The molecule has 8 nitrogen and oxygen atoms in total. The van der Waals surface area contributed by atoms with Gasteiger partial charge in [-0.05, 0) is 59.9 Å². The summed E-state index contributed by atoms with van der Waals surface area (Å²) in [5.74, 6) is -2.14. The number of amides is 1. The van der Waals surface area contributed by atoms with E-state index in [4.69, 9.17) is 0 Å². The highest BCUT2D eigenvalue weighted by molar-refractivity contribution is 7.89. The molecule has 1 fully saturated rings. The van der Waals surface area contributed by atoms with Crippen LogP contribution in [-0.4, -0.2) is 68.6 Å². The summed E-state index contributed by atoms with van der Waals surface area (Å²) in [6.07, 6.45) is -0.271. The average molecular weight is 587 g/mol. The minimum Gasteiger partial charge on any atom is -0.390 e. The van der Waals surface area contributed by atoms with Gasteiger partial charge in [0, 0.05) is 50.9 Å². The van der Waals surface area contributed by atoms with Crippen molar-refractivity contribution in [1.82, 2.24) is 20.3 Å². The summed E-state index contributed by atoms with van der Waals surface area (Å²) in [5.41, 5.74) is 2.57. The molecule has 1 amide bonds. The zero-order valence-corrected chi connectivity index (χ0v) is 23.8. The van der Waals surface area contributed by atoms with E-state index in [1.807, 2.05) is 18.2 Å². The van der Waals surface area contributed by atoms with Gasteiger partial charge in [-0.25, -0.2) is 17.2 Å². The lowest BCUT2D eigenvalue weighted by Gasteiger charge is -2.27. The Kier molecular flexibility index (Phi) is 10.6. The maximum Gasteiger partial charge on any atom is 0.251 e. The Labute approximate surface area is 239 Å². The van der Waals surface area contributed by atoms with Crippen molar-refractivity contribution in [2.75, 3.05) is 32.7 Å². The van der Waals surface area contributed by atoms with Crippen LogP contribution in [-0.2, 0) is 29.4 Å². The van der Waals surface area contributed by atoms with Crippen LogP contribution in [0.4, 0.5) is 8.78 Å². The Morgan fingerprint density at radius 1 is 0.976 bits per heavy atom. The predicted octanol–water partition coefficient (Wildman–Crippen LogP) is 2.61. The molecule has 0 radical (unpaired) electrons. The van der Waals surface area contributed by atoms with Crippen LogP contribution in [0.1, 0.15) is 34.0 Å². The lowest BCUT2D eigenvalue weighted by Crippen LogP contribution is -2.48. The molecule has 41 heavy (non-hydrogen) atoms. The van der Waals surface area contributed by atoms with Crippen molar-refractivity contribution in [2.45, 2.75) is 43.4 Å². The maximum absolute atomic E-state index is 13.9. The van der Waals surface area contributed by atoms with E-state index in [0.29, 0.717) is 32.7 Å². The van der Waals surface area contributed by atoms with Gasteiger partial charge in [-0.15, -0.1) is 0 Å². The molecule has 4 rings (SSSR count). The van der Waals surface area contributed by atoms with Gasteiger partial charge in [-0.3, -0.25) is 4.79 Å². The van der Waals surface area contributed by atoms with Crippen molar-refractivity contribution < 1.29 is 27.1 Å². The lowest BCUT2D eigenvalue weighted by molar-refractivity contribution is 0.0829. The molecule has 220 valence electrons. The summed E-state index contributed by atoms with van der Waals surface area (Å²) >= 11 is 0. The van der Waals surface area contributed by atoms with E-state index in [2.05, 4.69) is 28.9 Å². The van der Waals surface area contributed by atoms with Gasteiger partial charge in [-0.1, -0.05) is 37.3 Å². The van der Waals surface area contributed by atoms with Crippen molar-refractivity contribution in [1.29, 1.82) is 0 Å². The summed E-state index contributed by atoms with van der Waals surface area (Å²) in [4.78, 5) is 13.3. The van der Waals surface area contributed by atoms with Gasteiger partial charge in [0.25, 0.3) is 5.91 Å². The Hall–Kier alpha value is -3.22. The van der Waals surface area contributed by atoms with Crippen LogP contribution in [0.2, 0.25) is 0 Å². The number of nitrogens with one attached hydrogen (secondary N) is 3. The third kappa shape index (κ3) is 8.40. The van der Waals surface area contributed by atoms with E-state index in [0.717, 1.165) is 30.2 Å². The number of aliphatic hydroxyl groups is 1. The molecule has 3 aromatic carbocycles. The number of aryl methyl sites for hydroxylation is 1. The molecule has 2 atom stereocenters. The SMILES string of the molecule is CCc1cccc(CNC[C@@H](O)[C@H](Cc2cc(F)cc(F)c2)NC(=O)c2cccc(S(=O)(=O)N3CCNCC3)c2)c1. The van der Waals surface area contributed by atoms with Gasteiger partial charge >= 0.3 is 0 Å². The Bertz CT molecular complexity index is 1430. The summed E-state index contributed by atoms with van der Waals surface area (Å²) in [6.45, 7) is 4.37. The van der Waals surface area contributed by atoms with Crippen LogP contribution in [0, 0.1) is 11.6 Å². The topological polar surface area (TPSA) is 111 Å². The van der Waals surface area contributed by atoms with Crippen molar-refractivity contribution >= 4 is 15.9 Å². The Balaban J connectivity index is 1.50. The van der Waals surface area contributed by atoms with Crippen LogP contribution in [0.15, 0.2) is 71.6 Å². The van der Waals surface area contributed by atoms with E-state index < -0.39 is 39.7 Å². The number of nitrogens with zero attached hydrogens (tertiary/aromatic N) is 1. The highest BCUT2D eigenvalue weighted by atomic mass is 32.2. The molecule has 0 aliphatic carbocycles. The fourth-order valence-corrected chi connectivity index (χ4v) is 6.30. The van der Waals surface area contributed by atoms with Gasteiger partial charge in [0.15, 0.2) is 0 Å². The summed E-state index contributed by atoms with van der Waals surface area (Å²) < 4.78 is 55.4. The molecule has 0 aromatic heterocycles. The molecule has 0 spiro atoms. The number of carbonyl (C=O) groups excluding carboxylic acids is 1. The number of hydrogen-bond acceptors (Lipinski definition) is 6. The number of halogens is 2. The number of hydrogen-bond donors (Lipinski definition) is 4. The van der Waals surface area contributed by atoms with Crippen LogP contribution >= 0.6 is 0 Å². The van der Waals surface area contributed by atoms with E-state index in [1.165, 1.54) is 34.1 Å². The van der Waals surface area contributed by atoms with Gasteiger partial charge in [0.1, 0.15) is 11.6 Å². The minimum atomic E-state index is -3.79. The highest BCUT2D eigenvalue weighted by Gasteiger charge is 2.28. The number of sulfonamides is 1. The van der Waals surface area contributed by atoms with Crippen LogP contribution < -0.4 is 16.0 Å². The first-order valence-electron chi connectivity index (χ1n) is 13.7. The lowest BCUT2D eigenvalue weighted by atomic mass is 10.00. The first kappa shape index (κ1) is 30.7. The summed E-state index contributed by atoms with van der Waals surface area (Å²) in [5, 5.41) is 20.1. The predicted molar refractivity (Wildman–Crippen MR) is 153 cm³/mol. The fraction of sp³-hybridized carbons (Fsp3) is 0.367. The molecule has 0 bridgehead atoms. The molecular formula is C30H36F2N4O4S. The normalized spacial score (nSPS) is 15.8. The zero-order valence-electron chi connectivity index (χ0n) is 22.9. The first-order valence-corrected chi connectivity index (χ1v) is 15.1. The van der Waals surface area contributed by atoms with Gasteiger partial charge in [0.05, 0.1) is 17.0 Å². The molecule has 0 unspecified atom stereocenters. The number of benzene rings is 3. The van der Waals surface area contributed by atoms with E-state index in [9.17, 15) is 27.1 Å². The zero-order chi connectivity index (χ0) is 29.4. The van der Waals surface area contributed by atoms with Gasteiger partial charge in [0.2, 0.25) is 10.0 Å². The average Bonchev–Trinajstić information content (AvgIpc) is 2.97. The second-order valence-electron chi connectivity index (χ2n) is 10.1. The maximum atomic E-state index is 13.9. The van der Waals surface area contributed by atoms with E-state index in [-0.39, 0.29) is 29.0 Å². The third-order valence-corrected chi connectivity index (χ3v) is 8.95. The standard InChI is InChI=1S/C30H36F2N4O4S/c1-2-21-5-3-6-22(13-21)19-34-20-29(37)28(16-23-14-25(31)18-26(32)15-23)35-30(38)24-7-4-8-27(17-24)41(39,40)36-11-9-33-10-12-36/h3-8,13-15,17-18,28-29,33-34,37H,2,9-12,16,19-20H2,1H3,(H,35,38)/t28-,29+/m0/s1. The Morgan fingerprint density at radius 3 is 2.37 bits per heavy atom. The molecule has 1 aliphatic heterocycles. The van der Waals surface area contributed by atoms with Crippen molar-refractivity contribution in [3.63, 3.8) is 0 Å². The quantitative estimate of drug-likeness (QED) is 0.260. The second kappa shape index (κ2) is 14.1. The van der Waals surface area contributed by atoms with Crippen LogP contribution in [0.5, 0.6) is 0 Å². The fourth-order valence-electron chi connectivity index (χ4n) is 4.82. The molecule has 0 saturated carbocycles. The van der Waals surface area contributed by atoms with Crippen molar-refractivity contribution in [3.05, 3.63) is 101 Å². The summed E-state index contributed by atoms with van der Waals surface area (Å²) in [6, 6.07) is 15.9. The highest BCUT2D eigenvalue weighted by Crippen LogP contribution is 2.19. The minimum absolute atomic E-state index is 0.00711. The van der Waals surface area contributed by atoms with Gasteiger partial charge in [-0.2, -0.15) is 4.31 Å². The van der Waals surface area contributed by atoms with Crippen molar-refractivity contribution in [2.24, 2.45) is 0 Å².